The van der Waals surface area contributed by atoms with E-state index in [1.54, 1.807) is 14.2 Å². The molecule has 0 bridgehead atoms. The monoisotopic (exact) mass is 502 g/mol. The number of methoxy groups -OCH3 is 2. The first-order valence-corrected chi connectivity index (χ1v) is 5.73. The first kappa shape index (κ1) is 22.0. The molecule has 0 saturated heterocycles. The van der Waals surface area contributed by atoms with E-state index in [0.717, 1.165) is 0 Å². The summed E-state index contributed by atoms with van der Waals surface area (Å²) in [4.78, 5) is 0. The molecule has 0 atom stereocenters. The van der Waals surface area contributed by atoms with E-state index in [4.69, 9.17) is 9.47 Å². The van der Waals surface area contributed by atoms with Crippen molar-refractivity contribution in [1.82, 2.24) is 0 Å². The second-order valence-electron chi connectivity index (χ2n) is 3.61. The highest BCUT2D eigenvalue weighted by Crippen LogP contribution is 1.76. The highest BCUT2D eigenvalue weighted by molar-refractivity contribution is 4.83. The van der Waals surface area contributed by atoms with Gasteiger partial charge in [0.25, 0.3) is 13.5 Å². The Morgan fingerprint density at radius 2 is 0.900 bits per heavy atom. The topological polar surface area (TPSA) is 26.2 Å². The van der Waals surface area contributed by atoms with Gasteiger partial charge < -0.3 is 57.4 Å². The predicted octanol–water partition coefficient (Wildman–Crippen LogP) is -4.84. The van der Waals surface area contributed by atoms with Crippen molar-refractivity contribution in [2.45, 2.75) is 13.5 Å². The summed E-state index contributed by atoms with van der Waals surface area (Å²) >= 11 is 0. The molecule has 112 valence electrons. The van der Waals surface area contributed by atoms with Gasteiger partial charge in [0.1, 0.15) is 0 Å². The van der Waals surface area contributed by atoms with Crippen LogP contribution >= 0.6 is 0 Å². The molecule has 2 aromatic heterocycles. The van der Waals surface area contributed by atoms with Gasteiger partial charge >= 0.3 is 0 Å². The minimum Gasteiger partial charge on any atom is -1.00 e. The summed E-state index contributed by atoms with van der Waals surface area (Å²) in [5, 5.41) is 0. The summed E-state index contributed by atoms with van der Waals surface area (Å²) in [7, 11) is 3.36. The van der Waals surface area contributed by atoms with Crippen LogP contribution in [0.15, 0.2) is 61.2 Å². The van der Waals surface area contributed by atoms with Crippen molar-refractivity contribution in [3.8, 4) is 0 Å². The molecule has 2 heterocycles. The first-order valence-electron chi connectivity index (χ1n) is 5.73. The lowest BCUT2D eigenvalue weighted by molar-refractivity contribution is -0.731. The van der Waals surface area contributed by atoms with Gasteiger partial charge in [-0.15, -0.1) is 0 Å². The van der Waals surface area contributed by atoms with Crippen molar-refractivity contribution in [3.63, 3.8) is 0 Å². The Hall–Kier alpha value is -0.320. The first-order chi connectivity index (χ1) is 8.86. The van der Waals surface area contributed by atoms with Crippen LogP contribution in [-0.4, -0.2) is 14.2 Å². The number of halogens is 2. The Balaban J connectivity index is 0. The van der Waals surface area contributed by atoms with Gasteiger partial charge in [-0.05, 0) is 0 Å². The number of rotatable bonds is 4. The highest BCUT2D eigenvalue weighted by atomic mass is 127. The van der Waals surface area contributed by atoms with Gasteiger partial charge in [0.15, 0.2) is 24.8 Å². The average Bonchev–Trinajstić information content (AvgIpc) is 2.43. The van der Waals surface area contributed by atoms with Crippen LogP contribution in [0.4, 0.5) is 0 Å². The third-order valence-electron chi connectivity index (χ3n) is 2.11. The summed E-state index contributed by atoms with van der Waals surface area (Å²) in [6, 6.07) is 11.8. The molecule has 0 aromatic carbocycles. The second-order valence-corrected chi connectivity index (χ2v) is 3.61. The average molecular weight is 502 g/mol. The molecular formula is C14H20I2N2O2. The molecule has 0 radical (unpaired) electrons. The third kappa shape index (κ3) is 10.5. The van der Waals surface area contributed by atoms with Crippen LogP contribution in [-0.2, 0) is 22.9 Å². The number of hydrogen-bond donors (Lipinski definition) is 0. The normalized spacial score (nSPS) is 8.50. The van der Waals surface area contributed by atoms with Gasteiger partial charge in [0, 0.05) is 38.5 Å². The van der Waals surface area contributed by atoms with E-state index in [-0.39, 0.29) is 48.0 Å². The molecule has 0 fully saturated rings. The van der Waals surface area contributed by atoms with Crippen LogP contribution in [0.1, 0.15) is 0 Å². The molecule has 0 unspecified atom stereocenters. The fourth-order valence-electron chi connectivity index (χ4n) is 1.34. The van der Waals surface area contributed by atoms with Gasteiger partial charge in [0.05, 0.1) is 0 Å². The minimum atomic E-state index is 0. The molecule has 0 aliphatic carbocycles. The SMILES string of the molecule is COC[n+]1ccccc1.COC[n+]1ccccc1.[I-].[I-]. The van der Waals surface area contributed by atoms with Crippen molar-refractivity contribution < 1.29 is 66.6 Å². The summed E-state index contributed by atoms with van der Waals surface area (Å²) in [6.07, 6.45) is 7.85. The van der Waals surface area contributed by atoms with E-state index < -0.39 is 0 Å². The maximum Gasteiger partial charge on any atom is 0.252 e. The number of ether oxygens (including phenoxy) is 2. The lowest BCUT2D eigenvalue weighted by atomic mass is 10.5. The standard InChI is InChI=1S/2C7H10NO.2HI/c2*1-9-7-8-5-3-2-4-6-8;;/h2*2-6H,7H2,1H3;2*1H/q2*+1;;/p-2. The van der Waals surface area contributed by atoms with E-state index in [2.05, 4.69) is 0 Å². The number of pyridine rings is 2. The van der Waals surface area contributed by atoms with E-state index in [0.29, 0.717) is 13.5 Å². The Kier molecular flexibility index (Phi) is 16.6. The molecule has 0 amide bonds. The van der Waals surface area contributed by atoms with Crippen LogP contribution in [0.3, 0.4) is 0 Å². The van der Waals surface area contributed by atoms with E-state index >= 15 is 0 Å². The van der Waals surface area contributed by atoms with E-state index in [1.807, 2.05) is 70.3 Å². The molecule has 0 N–H and O–H groups in total. The Morgan fingerprint density at radius 3 is 1.15 bits per heavy atom. The number of nitrogens with zero attached hydrogens (tertiary/aromatic N) is 2. The number of hydrogen-bond acceptors (Lipinski definition) is 2. The predicted molar refractivity (Wildman–Crippen MR) is 67.3 cm³/mol. The maximum atomic E-state index is 4.89. The Bertz CT molecular complexity index is 375. The second kappa shape index (κ2) is 15.1. The Morgan fingerprint density at radius 1 is 0.600 bits per heavy atom. The van der Waals surface area contributed by atoms with Crippen LogP contribution < -0.4 is 57.1 Å². The van der Waals surface area contributed by atoms with Crippen molar-refractivity contribution in [1.29, 1.82) is 0 Å². The van der Waals surface area contributed by atoms with Crippen molar-refractivity contribution in [3.05, 3.63) is 61.2 Å². The van der Waals surface area contributed by atoms with Gasteiger partial charge in [-0.1, -0.05) is 12.1 Å². The van der Waals surface area contributed by atoms with Gasteiger partial charge in [0.2, 0.25) is 0 Å². The molecule has 0 spiro atoms. The fourth-order valence-corrected chi connectivity index (χ4v) is 1.34. The molecule has 4 nitrogen and oxygen atoms in total. The molecule has 0 saturated carbocycles. The van der Waals surface area contributed by atoms with Gasteiger partial charge in [-0.25, -0.2) is 0 Å². The van der Waals surface area contributed by atoms with Gasteiger partial charge in [-0.2, -0.15) is 9.13 Å². The molecule has 2 aromatic rings. The molecule has 6 heteroatoms. The molecule has 0 aliphatic rings. The van der Waals surface area contributed by atoms with E-state index in [9.17, 15) is 0 Å². The molecule has 20 heavy (non-hydrogen) atoms. The van der Waals surface area contributed by atoms with Crippen molar-refractivity contribution >= 4 is 0 Å². The van der Waals surface area contributed by atoms with Crippen LogP contribution in [0.5, 0.6) is 0 Å². The summed E-state index contributed by atoms with van der Waals surface area (Å²) in [6.45, 7) is 1.25. The van der Waals surface area contributed by atoms with Gasteiger partial charge in [-0.3, -0.25) is 0 Å². The summed E-state index contributed by atoms with van der Waals surface area (Å²) < 4.78 is 13.7. The molecule has 0 aliphatic heterocycles. The minimum absolute atomic E-state index is 0. The number of aromatic nitrogens is 2. The quantitative estimate of drug-likeness (QED) is 0.310. The maximum absolute atomic E-state index is 4.89. The Labute approximate surface area is 154 Å². The smallest absolute Gasteiger partial charge is 0.252 e. The lowest BCUT2D eigenvalue weighted by Gasteiger charge is -1.90. The van der Waals surface area contributed by atoms with Crippen LogP contribution in [0.25, 0.3) is 0 Å². The zero-order valence-corrected chi connectivity index (χ0v) is 16.0. The third-order valence-corrected chi connectivity index (χ3v) is 2.11. The van der Waals surface area contributed by atoms with Crippen LogP contribution in [0, 0.1) is 0 Å². The summed E-state index contributed by atoms with van der Waals surface area (Å²) in [5.41, 5.74) is 0. The largest absolute Gasteiger partial charge is 1.00 e. The zero-order chi connectivity index (χ0) is 13.1. The molecular weight excluding hydrogens is 482 g/mol. The fraction of sp³-hybridized carbons (Fsp3) is 0.286. The summed E-state index contributed by atoms with van der Waals surface area (Å²) in [5.74, 6) is 0. The lowest BCUT2D eigenvalue weighted by Crippen LogP contribution is -3.00. The molecule has 2 rings (SSSR count). The zero-order valence-electron chi connectivity index (χ0n) is 11.7. The van der Waals surface area contributed by atoms with Crippen LogP contribution in [0.2, 0.25) is 0 Å². The highest BCUT2D eigenvalue weighted by Gasteiger charge is 1.91. The van der Waals surface area contributed by atoms with Crippen molar-refractivity contribution in [2.24, 2.45) is 0 Å². The van der Waals surface area contributed by atoms with Crippen molar-refractivity contribution in [2.75, 3.05) is 14.2 Å². The van der Waals surface area contributed by atoms with E-state index in [1.165, 1.54) is 0 Å².